The summed E-state index contributed by atoms with van der Waals surface area (Å²) in [5, 5.41) is 18.8. The number of likely N-dealkylation sites (N-methyl/N-ethyl adjacent to an activating group) is 1. The van der Waals surface area contributed by atoms with Gasteiger partial charge in [0.1, 0.15) is 11.4 Å². The molecule has 0 radical (unpaired) electrons. The lowest BCUT2D eigenvalue weighted by Crippen LogP contribution is -2.56. The lowest BCUT2D eigenvalue weighted by molar-refractivity contribution is -0.140. The highest BCUT2D eigenvalue weighted by Gasteiger charge is 2.46. The number of hydrogen-bond donors (Lipinski definition) is 3. The third-order valence-electron chi connectivity index (χ3n) is 9.21. The number of fused-ring (bicyclic) bond motifs is 4. The average Bonchev–Trinajstić information content (AvgIpc) is 3.74. The molecule has 40 heavy (non-hydrogen) atoms. The summed E-state index contributed by atoms with van der Waals surface area (Å²) in [5.74, 6) is 1.30. The normalized spacial score (nSPS) is 22.9. The maximum Gasteiger partial charge on any atom is 0.240 e. The first kappa shape index (κ1) is 25.3. The standard InChI is InChI=1S/C31H37N7O2/c1-4-10-37-17-27-26(14-28(37)31(40)38-16-20-13-21(38)15-36(20)3)32-30(33-27)29-24-8-6-19(12-25(24)34-35-29)23-9-7-22(39)11-18(23)5-2/h6-9,11-12,20-21,28,39H,4-5,10,13-17H2,1-3H3,(H,32,33)(H,34,35)/t20?,21?,28-/m0/s1. The Balaban J connectivity index is 1.17. The lowest BCUT2D eigenvalue weighted by atomic mass is 9.97. The van der Waals surface area contributed by atoms with E-state index < -0.39 is 0 Å². The number of carbonyl (C=O) groups excluding carboxylic acids is 1. The highest BCUT2D eigenvalue weighted by Crippen LogP contribution is 2.35. The Labute approximate surface area is 234 Å². The van der Waals surface area contributed by atoms with E-state index in [2.05, 4.69) is 69.0 Å². The van der Waals surface area contributed by atoms with Crippen LogP contribution in [0.4, 0.5) is 0 Å². The van der Waals surface area contributed by atoms with Crippen molar-refractivity contribution in [2.45, 2.75) is 64.2 Å². The highest BCUT2D eigenvalue weighted by atomic mass is 16.3. The Morgan fingerprint density at radius 2 is 2.00 bits per heavy atom. The molecule has 4 aromatic rings. The van der Waals surface area contributed by atoms with Crippen molar-refractivity contribution in [2.75, 3.05) is 26.7 Å². The van der Waals surface area contributed by atoms with Crippen LogP contribution < -0.4 is 0 Å². The van der Waals surface area contributed by atoms with Crippen LogP contribution >= 0.6 is 0 Å². The molecular formula is C31H37N7O2. The van der Waals surface area contributed by atoms with Crippen molar-refractivity contribution in [3.05, 3.63) is 53.3 Å². The minimum atomic E-state index is -0.162. The number of aromatic hydroxyl groups is 1. The van der Waals surface area contributed by atoms with E-state index in [-0.39, 0.29) is 17.7 Å². The molecule has 0 aliphatic carbocycles. The predicted molar refractivity (Wildman–Crippen MR) is 155 cm³/mol. The molecule has 0 spiro atoms. The van der Waals surface area contributed by atoms with E-state index in [4.69, 9.17) is 4.98 Å². The monoisotopic (exact) mass is 539 g/mol. The zero-order valence-electron chi connectivity index (χ0n) is 23.4. The van der Waals surface area contributed by atoms with Gasteiger partial charge in [-0.25, -0.2) is 4.98 Å². The second kappa shape index (κ2) is 9.74. The van der Waals surface area contributed by atoms with Crippen LogP contribution in [0.3, 0.4) is 0 Å². The van der Waals surface area contributed by atoms with Gasteiger partial charge in [0.25, 0.3) is 0 Å². The van der Waals surface area contributed by atoms with Gasteiger partial charge < -0.3 is 15.0 Å². The Bertz CT molecular complexity index is 1590. The van der Waals surface area contributed by atoms with Crippen molar-refractivity contribution in [3.8, 4) is 28.4 Å². The first-order chi connectivity index (χ1) is 19.4. The summed E-state index contributed by atoms with van der Waals surface area (Å²) in [4.78, 5) is 29.2. The Hall–Kier alpha value is -3.69. The number of nitrogens with zero attached hydrogens (tertiary/aromatic N) is 5. The minimum Gasteiger partial charge on any atom is -0.508 e. The van der Waals surface area contributed by atoms with Gasteiger partial charge in [0.05, 0.1) is 22.9 Å². The van der Waals surface area contributed by atoms with Crippen molar-refractivity contribution in [3.63, 3.8) is 0 Å². The summed E-state index contributed by atoms with van der Waals surface area (Å²) in [7, 11) is 2.17. The minimum absolute atomic E-state index is 0.162. The van der Waals surface area contributed by atoms with Crippen molar-refractivity contribution in [1.82, 2.24) is 34.9 Å². The SMILES string of the molecule is CCCN1Cc2[nH]c(-c3n[nH]c4cc(-c5ccc(O)cc5CC)ccc34)nc2C[C@H]1C(=O)N1CC2CC1CN2C. The summed E-state index contributed by atoms with van der Waals surface area (Å²) in [6, 6.07) is 12.5. The maximum atomic E-state index is 13.8. The molecule has 3 N–H and O–H groups in total. The van der Waals surface area contributed by atoms with Crippen molar-refractivity contribution in [1.29, 1.82) is 0 Å². The third kappa shape index (κ3) is 4.10. The van der Waals surface area contributed by atoms with Crippen LogP contribution in [0.1, 0.15) is 43.6 Å². The molecule has 3 aliphatic rings. The van der Waals surface area contributed by atoms with Gasteiger partial charge in [0, 0.05) is 43.5 Å². The van der Waals surface area contributed by atoms with Gasteiger partial charge in [-0.15, -0.1) is 0 Å². The van der Waals surface area contributed by atoms with Crippen LogP contribution in [0, 0.1) is 0 Å². The van der Waals surface area contributed by atoms with Gasteiger partial charge in [-0.2, -0.15) is 5.10 Å². The number of H-pyrrole nitrogens is 2. The smallest absolute Gasteiger partial charge is 0.240 e. The van der Waals surface area contributed by atoms with E-state index >= 15 is 0 Å². The molecule has 0 saturated carbocycles. The number of imidazole rings is 1. The number of aryl methyl sites for hydroxylation is 1. The predicted octanol–water partition coefficient (Wildman–Crippen LogP) is 3.94. The number of phenols is 1. The van der Waals surface area contributed by atoms with Crippen LogP contribution in [0.25, 0.3) is 33.5 Å². The number of rotatable bonds is 6. The van der Waals surface area contributed by atoms with Crippen LogP contribution in [-0.4, -0.2) is 90.7 Å². The van der Waals surface area contributed by atoms with E-state index in [1.54, 1.807) is 6.07 Å². The molecular weight excluding hydrogens is 502 g/mol. The van der Waals surface area contributed by atoms with Gasteiger partial charge in [-0.05, 0) is 73.8 Å². The van der Waals surface area contributed by atoms with Gasteiger partial charge in [0.15, 0.2) is 5.82 Å². The largest absolute Gasteiger partial charge is 0.508 e. The maximum absolute atomic E-state index is 13.8. The van der Waals surface area contributed by atoms with Crippen LogP contribution in [0.5, 0.6) is 5.75 Å². The van der Waals surface area contributed by atoms with Crippen molar-refractivity contribution < 1.29 is 9.90 Å². The molecule has 1 amide bonds. The van der Waals surface area contributed by atoms with E-state index in [9.17, 15) is 9.90 Å². The zero-order valence-corrected chi connectivity index (χ0v) is 23.4. The second-order valence-corrected chi connectivity index (χ2v) is 11.7. The van der Waals surface area contributed by atoms with Gasteiger partial charge >= 0.3 is 0 Å². The summed E-state index contributed by atoms with van der Waals surface area (Å²) in [5.41, 5.74) is 7.08. The summed E-state index contributed by atoms with van der Waals surface area (Å²) in [6.07, 6.45) is 3.56. The zero-order chi connectivity index (χ0) is 27.5. The first-order valence-corrected chi connectivity index (χ1v) is 14.6. The summed E-state index contributed by atoms with van der Waals surface area (Å²) >= 11 is 0. The van der Waals surface area contributed by atoms with Crippen molar-refractivity contribution >= 4 is 16.8 Å². The number of amides is 1. The number of benzene rings is 2. The second-order valence-electron chi connectivity index (χ2n) is 11.7. The van der Waals surface area contributed by atoms with Crippen molar-refractivity contribution in [2.24, 2.45) is 0 Å². The topological polar surface area (TPSA) is 104 Å². The number of aromatic amines is 2. The molecule has 2 unspecified atom stereocenters. The van der Waals surface area contributed by atoms with Crippen LogP contribution in [-0.2, 0) is 24.2 Å². The van der Waals surface area contributed by atoms with Crippen LogP contribution in [0.15, 0.2) is 36.4 Å². The quantitative estimate of drug-likeness (QED) is 0.343. The van der Waals surface area contributed by atoms with E-state index in [1.807, 2.05) is 12.1 Å². The highest BCUT2D eigenvalue weighted by molar-refractivity contribution is 5.94. The van der Waals surface area contributed by atoms with Gasteiger partial charge in [-0.3, -0.25) is 19.7 Å². The molecule has 5 heterocycles. The van der Waals surface area contributed by atoms with Gasteiger partial charge in [-0.1, -0.05) is 26.0 Å². The molecule has 2 aromatic carbocycles. The number of hydrogen-bond acceptors (Lipinski definition) is 6. The van der Waals surface area contributed by atoms with Gasteiger partial charge in [0.2, 0.25) is 5.91 Å². The molecule has 3 aliphatic heterocycles. The number of likely N-dealkylation sites (tertiary alicyclic amines) is 2. The molecule has 208 valence electrons. The Kier molecular flexibility index (Phi) is 6.16. The summed E-state index contributed by atoms with van der Waals surface area (Å²) in [6.45, 7) is 7.68. The number of piperazine rings is 1. The molecule has 3 atom stereocenters. The molecule has 2 bridgehead atoms. The number of nitrogens with one attached hydrogen (secondary N) is 2. The first-order valence-electron chi connectivity index (χ1n) is 14.6. The molecule has 2 aromatic heterocycles. The van der Waals surface area contributed by atoms with E-state index in [0.717, 1.165) is 89.4 Å². The van der Waals surface area contributed by atoms with Crippen LogP contribution in [0.2, 0.25) is 0 Å². The Morgan fingerprint density at radius 3 is 2.75 bits per heavy atom. The molecule has 7 rings (SSSR count). The summed E-state index contributed by atoms with van der Waals surface area (Å²) < 4.78 is 0. The molecule has 9 heteroatoms. The number of phenolic OH excluding ortho intramolecular Hbond substituents is 1. The average molecular weight is 540 g/mol. The van der Waals surface area contributed by atoms with E-state index in [0.29, 0.717) is 25.0 Å². The molecule has 9 nitrogen and oxygen atoms in total. The molecule has 2 saturated heterocycles. The number of carbonyl (C=O) groups is 1. The Morgan fingerprint density at radius 1 is 1.12 bits per heavy atom. The fourth-order valence-corrected chi connectivity index (χ4v) is 7.10. The number of aromatic nitrogens is 4. The molecule has 2 fully saturated rings. The third-order valence-corrected chi connectivity index (χ3v) is 9.21. The lowest BCUT2D eigenvalue weighted by Gasteiger charge is -2.39. The fraction of sp³-hybridized carbons (Fsp3) is 0.452. The fourth-order valence-electron chi connectivity index (χ4n) is 7.10. The van der Waals surface area contributed by atoms with E-state index in [1.165, 1.54) is 0 Å².